The van der Waals surface area contributed by atoms with E-state index in [1.54, 1.807) is 18.2 Å². The van der Waals surface area contributed by atoms with Gasteiger partial charge in [0.15, 0.2) is 0 Å². The smallest absolute Gasteiger partial charge is 0.240 e. The molecule has 1 heterocycles. The summed E-state index contributed by atoms with van der Waals surface area (Å²) in [5, 5.41) is 2.82. The fourth-order valence-corrected chi connectivity index (χ4v) is 4.40. The molecule has 0 saturated heterocycles. The van der Waals surface area contributed by atoms with Crippen LogP contribution in [0.3, 0.4) is 0 Å². The molecule has 1 fully saturated rings. The lowest BCUT2D eigenvalue weighted by Crippen LogP contribution is -2.32. The van der Waals surface area contributed by atoms with Gasteiger partial charge in [0.1, 0.15) is 0 Å². The molecular formula is C15H20N2O3S. The van der Waals surface area contributed by atoms with E-state index in [1.165, 1.54) is 0 Å². The molecular weight excluding hydrogens is 288 g/mol. The molecule has 0 bridgehead atoms. The van der Waals surface area contributed by atoms with Crippen LogP contribution >= 0.6 is 0 Å². The molecule has 0 unspecified atom stereocenters. The number of hydrogen-bond donors (Lipinski definition) is 2. The van der Waals surface area contributed by atoms with E-state index in [0.29, 0.717) is 11.3 Å². The van der Waals surface area contributed by atoms with Gasteiger partial charge in [-0.2, -0.15) is 0 Å². The van der Waals surface area contributed by atoms with Crippen molar-refractivity contribution < 1.29 is 13.2 Å². The van der Waals surface area contributed by atoms with Crippen molar-refractivity contribution in [2.24, 2.45) is 0 Å². The lowest BCUT2D eigenvalue weighted by Gasteiger charge is -2.14. The SMILES string of the molecule is O=C1CCCc2cc(S(=O)(=O)NC3CCCC3)ccc2N1. The van der Waals surface area contributed by atoms with Gasteiger partial charge in [-0.1, -0.05) is 12.8 Å². The molecule has 0 aromatic heterocycles. The van der Waals surface area contributed by atoms with Crippen LogP contribution in [0, 0.1) is 0 Å². The molecule has 1 aromatic rings. The Labute approximate surface area is 125 Å². The number of hydrogen-bond acceptors (Lipinski definition) is 3. The van der Waals surface area contributed by atoms with Crippen LogP contribution in [-0.4, -0.2) is 20.4 Å². The summed E-state index contributed by atoms with van der Waals surface area (Å²) in [6.45, 7) is 0. The van der Waals surface area contributed by atoms with Crippen LogP contribution in [0.25, 0.3) is 0 Å². The average Bonchev–Trinajstić information content (AvgIpc) is 2.84. The van der Waals surface area contributed by atoms with E-state index in [1.807, 2.05) is 0 Å². The van der Waals surface area contributed by atoms with E-state index in [0.717, 1.165) is 49.8 Å². The molecule has 1 saturated carbocycles. The first-order valence-electron chi connectivity index (χ1n) is 7.50. The maximum atomic E-state index is 12.4. The second kappa shape index (κ2) is 5.77. The second-order valence-electron chi connectivity index (χ2n) is 5.82. The Morgan fingerprint density at radius 2 is 1.86 bits per heavy atom. The molecule has 0 atom stereocenters. The molecule has 1 aliphatic heterocycles. The normalized spacial score (nSPS) is 19.9. The summed E-state index contributed by atoms with van der Waals surface area (Å²) in [5.41, 5.74) is 1.63. The Kier molecular flexibility index (Phi) is 3.99. The molecule has 1 amide bonds. The van der Waals surface area contributed by atoms with Crippen molar-refractivity contribution >= 4 is 21.6 Å². The molecule has 2 aliphatic rings. The van der Waals surface area contributed by atoms with E-state index in [-0.39, 0.29) is 11.9 Å². The predicted octanol–water partition coefficient (Wildman–Crippen LogP) is 2.18. The number of carbonyl (C=O) groups excluding carboxylic acids is 1. The topological polar surface area (TPSA) is 75.3 Å². The summed E-state index contributed by atoms with van der Waals surface area (Å²) in [5.74, 6) is -0.00608. The zero-order valence-electron chi connectivity index (χ0n) is 11.9. The molecule has 6 heteroatoms. The van der Waals surface area contributed by atoms with Gasteiger partial charge in [-0.3, -0.25) is 4.79 Å². The van der Waals surface area contributed by atoms with Crippen molar-refractivity contribution in [3.05, 3.63) is 23.8 Å². The molecule has 1 aromatic carbocycles. The van der Waals surface area contributed by atoms with Crippen LogP contribution in [-0.2, 0) is 21.2 Å². The van der Waals surface area contributed by atoms with E-state index >= 15 is 0 Å². The number of anilines is 1. The van der Waals surface area contributed by atoms with Crippen molar-refractivity contribution in [3.63, 3.8) is 0 Å². The van der Waals surface area contributed by atoms with Crippen LogP contribution in [0.4, 0.5) is 5.69 Å². The van der Waals surface area contributed by atoms with Gasteiger partial charge in [-0.25, -0.2) is 13.1 Å². The first-order valence-corrected chi connectivity index (χ1v) is 8.98. The quantitative estimate of drug-likeness (QED) is 0.898. The van der Waals surface area contributed by atoms with Gasteiger partial charge in [0.05, 0.1) is 4.90 Å². The highest BCUT2D eigenvalue weighted by Crippen LogP contribution is 2.26. The average molecular weight is 308 g/mol. The third-order valence-electron chi connectivity index (χ3n) is 4.19. The number of nitrogens with one attached hydrogen (secondary N) is 2. The number of benzene rings is 1. The minimum Gasteiger partial charge on any atom is -0.326 e. The molecule has 21 heavy (non-hydrogen) atoms. The van der Waals surface area contributed by atoms with Crippen LogP contribution in [0.5, 0.6) is 0 Å². The standard InChI is InChI=1S/C15H20N2O3S/c18-15-7-3-4-11-10-13(8-9-14(11)16-15)21(19,20)17-12-5-1-2-6-12/h8-10,12,17H,1-7H2,(H,16,18). The largest absolute Gasteiger partial charge is 0.326 e. The first-order chi connectivity index (χ1) is 10.0. The molecule has 5 nitrogen and oxygen atoms in total. The highest BCUT2D eigenvalue weighted by Gasteiger charge is 2.24. The van der Waals surface area contributed by atoms with Gasteiger partial charge in [0.25, 0.3) is 0 Å². The molecule has 0 spiro atoms. The van der Waals surface area contributed by atoms with Crippen LogP contribution in [0.15, 0.2) is 23.1 Å². The Balaban J connectivity index is 1.85. The summed E-state index contributed by atoms with van der Waals surface area (Å²) in [7, 11) is -3.47. The predicted molar refractivity (Wildman–Crippen MR) is 80.6 cm³/mol. The lowest BCUT2D eigenvalue weighted by molar-refractivity contribution is -0.116. The minimum atomic E-state index is -3.47. The van der Waals surface area contributed by atoms with Gasteiger partial charge < -0.3 is 5.32 Å². The van der Waals surface area contributed by atoms with E-state index in [2.05, 4.69) is 10.0 Å². The molecule has 3 rings (SSSR count). The third kappa shape index (κ3) is 3.27. The highest BCUT2D eigenvalue weighted by molar-refractivity contribution is 7.89. The van der Waals surface area contributed by atoms with E-state index < -0.39 is 10.0 Å². The molecule has 114 valence electrons. The Morgan fingerprint density at radius 1 is 1.10 bits per heavy atom. The van der Waals surface area contributed by atoms with Crippen LogP contribution in [0.2, 0.25) is 0 Å². The molecule has 1 aliphatic carbocycles. The van der Waals surface area contributed by atoms with E-state index in [9.17, 15) is 13.2 Å². The van der Waals surface area contributed by atoms with Crippen molar-refractivity contribution in [2.75, 3.05) is 5.32 Å². The minimum absolute atomic E-state index is 0.00608. The zero-order valence-corrected chi connectivity index (χ0v) is 12.7. The third-order valence-corrected chi connectivity index (χ3v) is 5.71. The van der Waals surface area contributed by atoms with Crippen LogP contribution < -0.4 is 10.0 Å². The van der Waals surface area contributed by atoms with Crippen molar-refractivity contribution in [1.82, 2.24) is 4.72 Å². The fourth-order valence-electron chi connectivity index (χ4n) is 3.05. The number of rotatable bonds is 3. The lowest BCUT2D eigenvalue weighted by atomic mass is 10.1. The van der Waals surface area contributed by atoms with Crippen molar-refractivity contribution in [3.8, 4) is 0 Å². The number of amides is 1. The monoisotopic (exact) mass is 308 g/mol. The Bertz CT molecular complexity index is 649. The number of carbonyl (C=O) groups is 1. The number of fused-ring (bicyclic) bond motifs is 1. The Morgan fingerprint density at radius 3 is 2.62 bits per heavy atom. The van der Waals surface area contributed by atoms with Crippen molar-refractivity contribution in [1.29, 1.82) is 0 Å². The zero-order chi connectivity index (χ0) is 14.9. The Hall–Kier alpha value is -1.40. The number of sulfonamides is 1. The van der Waals surface area contributed by atoms with Gasteiger partial charge in [-0.15, -0.1) is 0 Å². The maximum absolute atomic E-state index is 12.4. The summed E-state index contributed by atoms with van der Waals surface area (Å²) >= 11 is 0. The van der Waals surface area contributed by atoms with Gasteiger partial charge in [0.2, 0.25) is 15.9 Å². The maximum Gasteiger partial charge on any atom is 0.240 e. The highest BCUT2D eigenvalue weighted by atomic mass is 32.2. The molecule has 2 N–H and O–H groups in total. The second-order valence-corrected chi connectivity index (χ2v) is 7.54. The molecule has 0 radical (unpaired) electrons. The van der Waals surface area contributed by atoms with Gasteiger partial charge in [-0.05, 0) is 49.4 Å². The summed E-state index contributed by atoms with van der Waals surface area (Å²) < 4.78 is 27.6. The van der Waals surface area contributed by atoms with Crippen molar-refractivity contribution in [2.45, 2.75) is 55.9 Å². The summed E-state index contributed by atoms with van der Waals surface area (Å²) in [6, 6.07) is 5.02. The fraction of sp³-hybridized carbons (Fsp3) is 0.533. The summed E-state index contributed by atoms with van der Waals surface area (Å²) in [4.78, 5) is 11.8. The van der Waals surface area contributed by atoms with Gasteiger partial charge in [0, 0.05) is 18.2 Å². The van der Waals surface area contributed by atoms with Gasteiger partial charge >= 0.3 is 0 Å². The van der Waals surface area contributed by atoms with Crippen LogP contribution in [0.1, 0.15) is 44.1 Å². The summed E-state index contributed by atoms with van der Waals surface area (Å²) in [6.07, 6.45) is 5.96. The van der Waals surface area contributed by atoms with E-state index in [4.69, 9.17) is 0 Å². The first kappa shape index (κ1) is 14.5. The number of aryl methyl sites for hydroxylation is 1.